The van der Waals surface area contributed by atoms with Crippen LogP contribution in [0.2, 0.25) is 0 Å². The average molecular weight is 516 g/mol. The second-order valence-corrected chi connectivity index (χ2v) is 9.48. The number of phenolic OH excluding ortho intramolecular Hbond substituents is 1. The van der Waals surface area contributed by atoms with E-state index in [2.05, 4.69) is 25.8 Å². The van der Waals surface area contributed by atoms with Crippen molar-refractivity contribution in [3.8, 4) is 17.2 Å². The first-order chi connectivity index (χ1) is 17.7. The van der Waals surface area contributed by atoms with E-state index in [1.54, 1.807) is 18.3 Å². The zero-order valence-electron chi connectivity index (χ0n) is 22.0. The van der Waals surface area contributed by atoms with Gasteiger partial charge in [-0.2, -0.15) is 5.10 Å². The number of hydrogen-bond acceptors (Lipinski definition) is 8. The topological polar surface area (TPSA) is 147 Å². The molecule has 4 N–H and O–H groups in total. The SMILES string of the molecule is CC[C@H](C)/N=C/c1c(O)cc(OC)cc1OCC(=O)Nc1cc([C@H]2CC[C@@H](OC(=O)NC(C)C)C2)[nH]n1. The zero-order chi connectivity index (χ0) is 26.9. The van der Waals surface area contributed by atoms with Gasteiger partial charge in [-0.25, -0.2) is 4.79 Å². The minimum absolute atomic E-state index is 0.0199. The second kappa shape index (κ2) is 13.0. The van der Waals surface area contributed by atoms with Crippen LogP contribution in [-0.2, 0) is 9.53 Å². The second-order valence-electron chi connectivity index (χ2n) is 9.48. The fourth-order valence-electron chi connectivity index (χ4n) is 3.94. The summed E-state index contributed by atoms with van der Waals surface area (Å²) in [5, 5.41) is 23.0. The van der Waals surface area contributed by atoms with Crippen molar-refractivity contribution >= 4 is 24.0 Å². The summed E-state index contributed by atoms with van der Waals surface area (Å²) in [5.41, 5.74) is 1.24. The maximum Gasteiger partial charge on any atom is 0.407 e. The van der Waals surface area contributed by atoms with Gasteiger partial charge in [-0.05, 0) is 46.5 Å². The van der Waals surface area contributed by atoms with Gasteiger partial charge in [-0.1, -0.05) is 6.92 Å². The number of carbonyl (C=O) groups excluding carboxylic acids is 2. The van der Waals surface area contributed by atoms with Gasteiger partial charge in [0.05, 0.1) is 12.7 Å². The van der Waals surface area contributed by atoms with Crippen molar-refractivity contribution in [3.63, 3.8) is 0 Å². The Morgan fingerprint density at radius 3 is 2.76 bits per heavy atom. The molecule has 37 heavy (non-hydrogen) atoms. The highest BCUT2D eigenvalue weighted by Crippen LogP contribution is 2.36. The summed E-state index contributed by atoms with van der Waals surface area (Å²) in [6.45, 7) is 7.44. The minimum Gasteiger partial charge on any atom is -0.507 e. The number of nitrogens with zero attached hydrogens (tertiary/aromatic N) is 2. The molecule has 11 heteroatoms. The number of anilines is 1. The summed E-state index contributed by atoms with van der Waals surface area (Å²) in [4.78, 5) is 28.8. The average Bonchev–Trinajstić information content (AvgIpc) is 3.50. The number of phenols is 1. The largest absolute Gasteiger partial charge is 0.507 e. The van der Waals surface area contributed by atoms with Crippen LogP contribution in [0, 0.1) is 0 Å². The number of ether oxygens (including phenoxy) is 3. The predicted molar refractivity (Wildman–Crippen MR) is 140 cm³/mol. The molecule has 0 bridgehead atoms. The Morgan fingerprint density at radius 1 is 1.27 bits per heavy atom. The van der Waals surface area contributed by atoms with Crippen molar-refractivity contribution in [2.24, 2.45) is 4.99 Å². The number of aromatic hydroxyl groups is 1. The highest BCUT2D eigenvalue weighted by molar-refractivity contribution is 5.92. The number of aliphatic imine (C=N–C) groups is 1. The molecule has 1 aromatic heterocycles. The molecule has 0 unspecified atom stereocenters. The maximum atomic E-state index is 12.6. The quantitative estimate of drug-likeness (QED) is 0.329. The molecule has 2 amide bonds. The number of nitrogens with one attached hydrogen (secondary N) is 3. The van der Waals surface area contributed by atoms with Gasteiger partial charge in [0.15, 0.2) is 12.4 Å². The van der Waals surface area contributed by atoms with Crippen molar-refractivity contribution < 1.29 is 28.9 Å². The van der Waals surface area contributed by atoms with Crippen LogP contribution in [0.25, 0.3) is 0 Å². The number of rotatable bonds is 11. The van der Waals surface area contributed by atoms with Crippen LogP contribution in [0.4, 0.5) is 10.6 Å². The first-order valence-corrected chi connectivity index (χ1v) is 12.6. The molecule has 1 heterocycles. The number of hydrogen-bond donors (Lipinski definition) is 4. The Balaban J connectivity index is 1.56. The molecule has 0 aliphatic heterocycles. The lowest BCUT2D eigenvalue weighted by Crippen LogP contribution is -2.33. The van der Waals surface area contributed by atoms with Gasteiger partial charge in [-0.3, -0.25) is 14.9 Å². The van der Waals surface area contributed by atoms with Crippen molar-refractivity contribution in [1.29, 1.82) is 0 Å². The Morgan fingerprint density at radius 2 is 2.05 bits per heavy atom. The normalized spacial score (nSPS) is 18.1. The van der Waals surface area contributed by atoms with E-state index in [0.29, 0.717) is 23.6 Å². The molecule has 202 valence electrons. The molecule has 3 rings (SSSR count). The smallest absolute Gasteiger partial charge is 0.407 e. The molecule has 1 aliphatic rings. The lowest BCUT2D eigenvalue weighted by molar-refractivity contribution is -0.118. The molecule has 11 nitrogen and oxygen atoms in total. The first-order valence-electron chi connectivity index (χ1n) is 12.6. The Hall–Kier alpha value is -3.76. The van der Waals surface area contributed by atoms with Gasteiger partial charge in [0, 0.05) is 48.1 Å². The zero-order valence-corrected chi connectivity index (χ0v) is 22.0. The Labute approximate surface area is 217 Å². The van der Waals surface area contributed by atoms with Gasteiger partial charge >= 0.3 is 6.09 Å². The van der Waals surface area contributed by atoms with E-state index < -0.39 is 12.0 Å². The summed E-state index contributed by atoms with van der Waals surface area (Å²) in [7, 11) is 1.48. The number of methoxy groups -OCH3 is 1. The standard InChI is InChI=1S/C26H37N5O6/c1-6-16(4)27-13-20-22(32)10-19(35-5)11-23(20)36-14-25(33)29-24-12-21(30-31-24)17-7-8-18(9-17)37-26(34)28-15(2)3/h10-13,15-18,32H,6-9,14H2,1-5H3,(H,28,34)(H2,29,30,31,33)/b27-13+/t16-,17-,18+/m0/s1. The van der Waals surface area contributed by atoms with Crippen LogP contribution in [-0.4, -0.2) is 65.4 Å². The van der Waals surface area contributed by atoms with Crippen LogP contribution in [0.3, 0.4) is 0 Å². The molecule has 1 aliphatic carbocycles. The van der Waals surface area contributed by atoms with Gasteiger partial charge in [0.1, 0.15) is 23.4 Å². The maximum absolute atomic E-state index is 12.6. The highest BCUT2D eigenvalue weighted by atomic mass is 16.6. The summed E-state index contributed by atoms with van der Waals surface area (Å²) < 4.78 is 16.4. The van der Waals surface area contributed by atoms with Gasteiger partial charge < -0.3 is 30.0 Å². The molecule has 3 atom stereocenters. The summed E-state index contributed by atoms with van der Waals surface area (Å²) in [6.07, 6.45) is 4.12. The number of carbonyl (C=O) groups is 2. The number of benzene rings is 1. The predicted octanol–water partition coefficient (Wildman–Crippen LogP) is 4.13. The van der Waals surface area contributed by atoms with Crippen LogP contribution >= 0.6 is 0 Å². The lowest BCUT2D eigenvalue weighted by Gasteiger charge is -2.14. The van der Waals surface area contributed by atoms with Crippen LogP contribution in [0.1, 0.15) is 70.6 Å². The van der Waals surface area contributed by atoms with Crippen LogP contribution in [0.5, 0.6) is 17.2 Å². The van der Waals surface area contributed by atoms with Crippen molar-refractivity contribution in [2.75, 3.05) is 19.0 Å². The third-order valence-electron chi connectivity index (χ3n) is 6.11. The Kier molecular flexibility index (Phi) is 9.76. The monoisotopic (exact) mass is 515 g/mol. The number of alkyl carbamates (subject to hydrolysis) is 1. The number of aromatic amines is 1. The van der Waals surface area contributed by atoms with Crippen LogP contribution in [0.15, 0.2) is 23.2 Å². The molecule has 0 spiro atoms. The van der Waals surface area contributed by atoms with E-state index >= 15 is 0 Å². The Bertz CT molecular complexity index is 1100. The molecule has 0 radical (unpaired) electrons. The van der Waals surface area contributed by atoms with Gasteiger partial charge in [-0.15, -0.1) is 0 Å². The molecule has 2 aromatic rings. The van der Waals surface area contributed by atoms with E-state index in [9.17, 15) is 14.7 Å². The third kappa shape index (κ3) is 8.12. The van der Waals surface area contributed by atoms with E-state index in [-0.39, 0.29) is 42.2 Å². The minimum atomic E-state index is -0.414. The van der Waals surface area contributed by atoms with Crippen LogP contribution < -0.4 is 20.1 Å². The molecule has 1 fully saturated rings. The van der Waals surface area contributed by atoms with E-state index in [0.717, 1.165) is 25.0 Å². The number of H-pyrrole nitrogens is 1. The number of amides is 2. The summed E-state index contributed by atoms with van der Waals surface area (Å²) >= 11 is 0. The molecule has 0 saturated heterocycles. The van der Waals surface area contributed by atoms with E-state index in [1.165, 1.54) is 13.2 Å². The van der Waals surface area contributed by atoms with E-state index in [4.69, 9.17) is 14.2 Å². The first kappa shape index (κ1) is 27.8. The summed E-state index contributed by atoms with van der Waals surface area (Å²) in [6, 6.07) is 4.93. The van der Waals surface area contributed by atoms with Gasteiger partial charge in [0.25, 0.3) is 5.91 Å². The number of aromatic nitrogens is 2. The fraction of sp³-hybridized carbons (Fsp3) is 0.538. The van der Waals surface area contributed by atoms with Crippen molar-refractivity contribution in [3.05, 3.63) is 29.5 Å². The summed E-state index contributed by atoms with van der Waals surface area (Å²) in [5.74, 6) is 0.727. The lowest BCUT2D eigenvalue weighted by atomic mass is 10.0. The highest BCUT2D eigenvalue weighted by Gasteiger charge is 2.30. The van der Waals surface area contributed by atoms with E-state index in [1.807, 2.05) is 27.7 Å². The van der Waals surface area contributed by atoms with Gasteiger partial charge in [0.2, 0.25) is 0 Å². The molecule has 1 aromatic carbocycles. The third-order valence-corrected chi connectivity index (χ3v) is 6.11. The molecule has 1 saturated carbocycles. The molecular weight excluding hydrogens is 478 g/mol. The van der Waals surface area contributed by atoms with Crippen molar-refractivity contribution in [1.82, 2.24) is 15.5 Å². The molecular formula is C26H37N5O6. The van der Waals surface area contributed by atoms with Crippen molar-refractivity contribution in [2.45, 2.75) is 77.5 Å². The fourth-order valence-corrected chi connectivity index (χ4v) is 3.94.